The van der Waals surface area contributed by atoms with Gasteiger partial charge >= 0.3 is 0 Å². The molecule has 0 aliphatic carbocycles. The van der Waals surface area contributed by atoms with Crippen molar-refractivity contribution in [3.8, 4) is 0 Å². The first-order valence-corrected chi connectivity index (χ1v) is 23.3. The average Bonchev–Trinajstić information content (AvgIpc) is 2.59. The van der Waals surface area contributed by atoms with E-state index in [9.17, 15) is 0 Å². The van der Waals surface area contributed by atoms with Crippen molar-refractivity contribution in [1.82, 2.24) is 0 Å². The summed E-state index contributed by atoms with van der Waals surface area (Å²) in [4.78, 5) is 0. The van der Waals surface area contributed by atoms with E-state index in [4.69, 9.17) is 22.4 Å². The molecule has 0 aromatic carbocycles. The lowest BCUT2D eigenvalue weighted by Gasteiger charge is -2.35. The average molecular weight is 439 g/mol. The van der Waals surface area contributed by atoms with Crippen molar-refractivity contribution in [2.45, 2.75) is 103 Å². The summed E-state index contributed by atoms with van der Waals surface area (Å²) >= 11 is 0. The lowest BCUT2D eigenvalue weighted by atomic mass is 10.1. The van der Waals surface area contributed by atoms with Gasteiger partial charge in [-0.15, -0.1) is 0 Å². The van der Waals surface area contributed by atoms with E-state index in [1.165, 1.54) is 0 Å². The zero-order valence-corrected chi connectivity index (χ0v) is 23.1. The molecule has 0 N–H and O–H groups in total. The van der Waals surface area contributed by atoms with Crippen molar-refractivity contribution in [2.75, 3.05) is 6.61 Å². The topological polar surface area (TPSA) is 46.2 Å². The Morgan fingerprint density at radius 1 is 0.577 bits per heavy atom. The molecule has 4 atom stereocenters. The summed E-state index contributed by atoms with van der Waals surface area (Å²) in [5.41, 5.74) is 0. The molecule has 0 bridgehead atoms. The van der Waals surface area contributed by atoms with E-state index in [1.807, 2.05) is 0 Å². The highest BCUT2D eigenvalue weighted by molar-refractivity contribution is 6.71. The van der Waals surface area contributed by atoms with Crippen LogP contribution in [0.1, 0.15) is 0 Å². The Kier molecular flexibility index (Phi) is 8.15. The first kappa shape index (κ1) is 24.7. The summed E-state index contributed by atoms with van der Waals surface area (Å²) in [5, 5.41) is 0. The van der Waals surface area contributed by atoms with Crippen LogP contribution in [-0.4, -0.2) is 64.5 Å². The van der Waals surface area contributed by atoms with E-state index in [1.54, 1.807) is 0 Å². The third-order valence-electron chi connectivity index (χ3n) is 3.40. The van der Waals surface area contributed by atoms with Gasteiger partial charge in [0.05, 0.1) is 6.61 Å². The normalized spacial score (nSPS) is 28.6. The van der Waals surface area contributed by atoms with Gasteiger partial charge in [-0.25, -0.2) is 0 Å². The van der Waals surface area contributed by atoms with Crippen molar-refractivity contribution in [1.29, 1.82) is 0 Å². The Bertz CT molecular complexity index is 448. The maximum atomic E-state index is 6.56. The van der Waals surface area contributed by atoms with Gasteiger partial charge in [0.25, 0.3) is 0 Å². The summed E-state index contributed by atoms with van der Waals surface area (Å²) in [6.45, 7) is 26.9. The fourth-order valence-corrected chi connectivity index (χ4v) is 6.40. The minimum Gasteiger partial charge on any atom is -0.415 e. The second-order valence-electron chi connectivity index (χ2n) is 11.1. The monoisotopic (exact) mass is 438 g/mol. The SMILES string of the molecule is C[Si](C)(C)OC[C@H]1OC(O[Si](C)(C)C)[C@H](O[Si](C)(C)C)[C@@H]1O[Si](C)(C)C. The quantitative estimate of drug-likeness (QED) is 0.481. The fourth-order valence-electron chi connectivity index (χ4n) is 2.69. The van der Waals surface area contributed by atoms with E-state index >= 15 is 0 Å². The van der Waals surface area contributed by atoms with Crippen LogP contribution in [0.2, 0.25) is 78.6 Å². The van der Waals surface area contributed by atoms with Gasteiger partial charge in [0.2, 0.25) is 0 Å². The Morgan fingerprint density at radius 2 is 1.00 bits per heavy atom. The van der Waals surface area contributed by atoms with Gasteiger partial charge < -0.3 is 22.4 Å². The van der Waals surface area contributed by atoms with Crippen LogP contribution in [0, 0.1) is 0 Å². The van der Waals surface area contributed by atoms with Crippen molar-refractivity contribution in [3.63, 3.8) is 0 Å². The Labute approximate surface area is 165 Å². The molecule has 1 aliphatic rings. The van der Waals surface area contributed by atoms with Gasteiger partial charge in [0.15, 0.2) is 39.6 Å². The minimum atomic E-state index is -1.79. The second-order valence-corrected chi connectivity index (χ2v) is 29.0. The third kappa shape index (κ3) is 9.74. The Morgan fingerprint density at radius 3 is 1.38 bits per heavy atom. The Balaban J connectivity index is 3.10. The fraction of sp³-hybridized carbons (Fsp3) is 1.00. The molecule has 0 amide bonds. The molecule has 1 rings (SSSR count). The first-order valence-electron chi connectivity index (χ1n) is 9.69. The molecule has 9 heteroatoms. The molecule has 0 aromatic heterocycles. The standard InChI is InChI=1S/C17H42O5Si4/c1-23(2,3)18-13-14-15(20-24(4,5)6)16(21-25(7,8)9)17(19-14)22-26(10,11)12/h14-17H,13H2,1-12H3/t14-,15-,16-,17?/m1/s1. The highest BCUT2D eigenvalue weighted by Gasteiger charge is 2.51. The van der Waals surface area contributed by atoms with Crippen molar-refractivity contribution >= 4 is 33.3 Å². The van der Waals surface area contributed by atoms with E-state index in [-0.39, 0.29) is 24.6 Å². The number of ether oxygens (including phenoxy) is 1. The van der Waals surface area contributed by atoms with Crippen molar-refractivity contribution in [3.05, 3.63) is 0 Å². The highest BCUT2D eigenvalue weighted by Crippen LogP contribution is 2.33. The molecular weight excluding hydrogens is 397 g/mol. The number of hydrogen-bond donors (Lipinski definition) is 0. The van der Waals surface area contributed by atoms with E-state index in [0.717, 1.165) is 0 Å². The first-order chi connectivity index (χ1) is 11.4. The predicted octanol–water partition coefficient (Wildman–Crippen LogP) is 4.85. The van der Waals surface area contributed by atoms with E-state index in [2.05, 4.69) is 78.6 Å². The molecule has 156 valence electrons. The molecule has 0 spiro atoms. The maximum Gasteiger partial charge on any atom is 0.187 e. The number of rotatable bonds is 9. The van der Waals surface area contributed by atoms with Gasteiger partial charge in [-0.2, -0.15) is 0 Å². The molecule has 0 saturated carbocycles. The van der Waals surface area contributed by atoms with Gasteiger partial charge in [0.1, 0.15) is 18.3 Å². The molecule has 1 heterocycles. The lowest BCUT2D eigenvalue weighted by molar-refractivity contribution is -0.116. The minimum absolute atomic E-state index is 0.133. The van der Waals surface area contributed by atoms with Gasteiger partial charge in [-0.1, -0.05) is 0 Å². The predicted molar refractivity (Wildman–Crippen MR) is 119 cm³/mol. The van der Waals surface area contributed by atoms with Gasteiger partial charge in [-0.3, -0.25) is 0 Å². The molecule has 5 nitrogen and oxygen atoms in total. The van der Waals surface area contributed by atoms with Crippen LogP contribution in [0.4, 0.5) is 0 Å². The molecule has 0 radical (unpaired) electrons. The molecule has 0 aromatic rings. The molecule has 1 aliphatic heterocycles. The smallest absolute Gasteiger partial charge is 0.187 e. The summed E-state index contributed by atoms with van der Waals surface area (Å²) in [6, 6.07) is 0. The zero-order chi connectivity index (χ0) is 20.6. The summed E-state index contributed by atoms with van der Waals surface area (Å²) < 4.78 is 32.0. The molecule has 1 saturated heterocycles. The molecule has 1 unspecified atom stereocenters. The lowest BCUT2D eigenvalue weighted by Crippen LogP contribution is -2.50. The van der Waals surface area contributed by atoms with Crippen molar-refractivity contribution < 1.29 is 22.4 Å². The maximum absolute atomic E-state index is 6.56. The van der Waals surface area contributed by atoms with Crippen LogP contribution in [0.25, 0.3) is 0 Å². The van der Waals surface area contributed by atoms with E-state index < -0.39 is 33.3 Å². The largest absolute Gasteiger partial charge is 0.415 e. The van der Waals surface area contributed by atoms with Crippen LogP contribution >= 0.6 is 0 Å². The number of hydrogen-bond acceptors (Lipinski definition) is 5. The van der Waals surface area contributed by atoms with Crippen LogP contribution in [0.15, 0.2) is 0 Å². The third-order valence-corrected chi connectivity index (χ3v) is 7.33. The van der Waals surface area contributed by atoms with Crippen molar-refractivity contribution in [2.24, 2.45) is 0 Å². The summed E-state index contributed by atoms with van der Waals surface area (Å²) in [7, 11) is -6.99. The highest BCUT2D eigenvalue weighted by atomic mass is 28.4. The van der Waals surface area contributed by atoms with Crippen LogP contribution < -0.4 is 0 Å². The van der Waals surface area contributed by atoms with E-state index in [0.29, 0.717) is 6.61 Å². The van der Waals surface area contributed by atoms with Crippen LogP contribution in [0.3, 0.4) is 0 Å². The summed E-state index contributed by atoms with van der Waals surface area (Å²) in [5.74, 6) is 0. The Hall–Kier alpha value is 0.668. The van der Waals surface area contributed by atoms with Crippen LogP contribution in [-0.2, 0) is 22.4 Å². The summed E-state index contributed by atoms with van der Waals surface area (Å²) in [6.07, 6.45) is -0.831. The molecular formula is C17H42O5Si4. The van der Waals surface area contributed by atoms with Gasteiger partial charge in [0, 0.05) is 0 Å². The molecule has 1 fully saturated rings. The molecule has 26 heavy (non-hydrogen) atoms. The van der Waals surface area contributed by atoms with Gasteiger partial charge in [-0.05, 0) is 78.6 Å². The second kappa shape index (κ2) is 8.58. The zero-order valence-electron chi connectivity index (χ0n) is 19.1. The van der Waals surface area contributed by atoms with Crippen LogP contribution in [0.5, 0.6) is 0 Å².